The molecule has 6 nitrogen and oxygen atoms in total. The van der Waals surface area contributed by atoms with Gasteiger partial charge in [0.05, 0.1) is 0 Å². The largest absolute Gasteiger partial charge is 0.337 e. The standard InChI is InChI=1S/C22H24N4O2/c1-3-16-9-4-5-11-18(16)23-22(27)26-13-7-12-19(26)21-24-20(25-28-21)17-10-6-8-15(2)14-17/h4-6,8-11,14,19H,3,7,12-13H2,1-2H3,(H,23,27)/t19-/m0/s1. The second-order valence-corrected chi connectivity index (χ2v) is 7.12. The number of para-hydroxylation sites is 1. The fourth-order valence-electron chi connectivity index (χ4n) is 3.68. The van der Waals surface area contributed by atoms with Crippen molar-refractivity contribution < 1.29 is 9.32 Å². The maximum Gasteiger partial charge on any atom is 0.322 e. The number of hydrogen-bond donors (Lipinski definition) is 1. The molecule has 0 spiro atoms. The third-order valence-corrected chi connectivity index (χ3v) is 5.16. The van der Waals surface area contributed by atoms with E-state index in [-0.39, 0.29) is 12.1 Å². The van der Waals surface area contributed by atoms with Crippen molar-refractivity contribution in [1.29, 1.82) is 0 Å². The molecular weight excluding hydrogens is 352 g/mol. The second-order valence-electron chi connectivity index (χ2n) is 7.12. The molecule has 1 saturated heterocycles. The van der Waals surface area contributed by atoms with Crippen LogP contribution in [0.25, 0.3) is 11.4 Å². The third-order valence-electron chi connectivity index (χ3n) is 5.16. The van der Waals surface area contributed by atoms with E-state index in [4.69, 9.17) is 4.52 Å². The molecule has 1 aromatic heterocycles. The van der Waals surface area contributed by atoms with Crippen molar-refractivity contribution in [1.82, 2.24) is 15.0 Å². The first-order valence-electron chi connectivity index (χ1n) is 9.72. The molecule has 0 unspecified atom stereocenters. The maximum atomic E-state index is 12.9. The van der Waals surface area contributed by atoms with Gasteiger partial charge in [0.1, 0.15) is 6.04 Å². The van der Waals surface area contributed by atoms with Crippen molar-refractivity contribution in [3.8, 4) is 11.4 Å². The van der Waals surface area contributed by atoms with Crippen LogP contribution >= 0.6 is 0 Å². The van der Waals surface area contributed by atoms with E-state index >= 15 is 0 Å². The van der Waals surface area contributed by atoms with E-state index in [0.29, 0.717) is 18.3 Å². The fraction of sp³-hybridized carbons (Fsp3) is 0.318. The van der Waals surface area contributed by atoms with E-state index in [9.17, 15) is 4.79 Å². The van der Waals surface area contributed by atoms with Gasteiger partial charge in [-0.1, -0.05) is 54.0 Å². The minimum Gasteiger partial charge on any atom is -0.337 e. The van der Waals surface area contributed by atoms with Crippen LogP contribution in [-0.4, -0.2) is 27.6 Å². The van der Waals surface area contributed by atoms with Gasteiger partial charge in [0.2, 0.25) is 11.7 Å². The Morgan fingerprint density at radius 3 is 2.93 bits per heavy atom. The number of nitrogens with one attached hydrogen (secondary N) is 1. The summed E-state index contributed by atoms with van der Waals surface area (Å²) in [5.41, 5.74) is 4.03. The molecule has 144 valence electrons. The summed E-state index contributed by atoms with van der Waals surface area (Å²) in [6.07, 6.45) is 2.59. The number of rotatable bonds is 4. The molecule has 1 fully saturated rings. The van der Waals surface area contributed by atoms with Crippen LogP contribution < -0.4 is 5.32 Å². The molecule has 4 rings (SSSR count). The van der Waals surface area contributed by atoms with Crippen LogP contribution in [0, 0.1) is 6.92 Å². The smallest absolute Gasteiger partial charge is 0.322 e. The molecule has 2 amide bonds. The van der Waals surface area contributed by atoms with Crippen molar-refractivity contribution in [3.63, 3.8) is 0 Å². The molecule has 6 heteroatoms. The average molecular weight is 376 g/mol. The first-order chi connectivity index (χ1) is 13.7. The van der Waals surface area contributed by atoms with Gasteiger partial charge in [-0.05, 0) is 43.9 Å². The van der Waals surface area contributed by atoms with Gasteiger partial charge in [-0.3, -0.25) is 0 Å². The van der Waals surface area contributed by atoms with Crippen LogP contribution in [0.15, 0.2) is 53.1 Å². The van der Waals surface area contributed by atoms with Crippen molar-refractivity contribution in [2.24, 2.45) is 0 Å². The summed E-state index contributed by atoms with van der Waals surface area (Å²) in [7, 11) is 0. The maximum absolute atomic E-state index is 12.9. The molecule has 1 aliphatic heterocycles. The number of carbonyl (C=O) groups is 1. The summed E-state index contributed by atoms with van der Waals surface area (Å²) in [4.78, 5) is 19.3. The van der Waals surface area contributed by atoms with E-state index in [1.54, 1.807) is 4.90 Å². The highest BCUT2D eigenvalue weighted by molar-refractivity contribution is 5.90. The van der Waals surface area contributed by atoms with Crippen LogP contribution in [0.2, 0.25) is 0 Å². The van der Waals surface area contributed by atoms with E-state index < -0.39 is 0 Å². The minimum atomic E-state index is -0.195. The minimum absolute atomic E-state index is 0.126. The molecule has 1 atom stereocenters. The summed E-state index contributed by atoms with van der Waals surface area (Å²) in [5, 5.41) is 7.18. The zero-order valence-electron chi connectivity index (χ0n) is 16.2. The van der Waals surface area contributed by atoms with Crippen molar-refractivity contribution in [3.05, 3.63) is 65.5 Å². The van der Waals surface area contributed by atoms with Gasteiger partial charge >= 0.3 is 6.03 Å². The lowest BCUT2D eigenvalue weighted by Gasteiger charge is -2.23. The Kier molecular flexibility index (Phi) is 5.10. The Labute approximate surface area is 164 Å². The number of aromatic nitrogens is 2. The fourth-order valence-corrected chi connectivity index (χ4v) is 3.68. The number of carbonyl (C=O) groups excluding carboxylic acids is 1. The summed E-state index contributed by atoms with van der Waals surface area (Å²) in [6.45, 7) is 4.78. The van der Waals surface area contributed by atoms with E-state index in [1.165, 1.54) is 0 Å². The van der Waals surface area contributed by atoms with Gasteiger partial charge in [0.15, 0.2) is 0 Å². The molecule has 1 aliphatic rings. The zero-order valence-corrected chi connectivity index (χ0v) is 16.2. The van der Waals surface area contributed by atoms with Gasteiger partial charge in [0.25, 0.3) is 0 Å². The van der Waals surface area contributed by atoms with Gasteiger partial charge < -0.3 is 14.7 Å². The highest BCUT2D eigenvalue weighted by Gasteiger charge is 2.34. The van der Waals surface area contributed by atoms with Crippen LogP contribution in [0.3, 0.4) is 0 Å². The van der Waals surface area contributed by atoms with E-state index in [0.717, 1.165) is 41.6 Å². The number of aryl methyl sites for hydroxylation is 2. The van der Waals surface area contributed by atoms with E-state index in [2.05, 4.69) is 22.4 Å². The quantitative estimate of drug-likeness (QED) is 0.697. The Morgan fingerprint density at radius 2 is 2.11 bits per heavy atom. The second kappa shape index (κ2) is 7.84. The molecular formula is C22H24N4O2. The molecule has 0 bridgehead atoms. The van der Waals surface area contributed by atoms with Gasteiger partial charge in [-0.15, -0.1) is 0 Å². The normalized spacial score (nSPS) is 16.4. The topological polar surface area (TPSA) is 71.3 Å². The van der Waals surface area contributed by atoms with Crippen LogP contribution in [0.1, 0.15) is 42.8 Å². The molecule has 0 radical (unpaired) electrons. The predicted octanol–water partition coefficient (Wildman–Crippen LogP) is 4.98. The number of likely N-dealkylation sites (tertiary alicyclic amines) is 1. The van der Waals surface area contributed by atoms with Crippen LogP contribution in [-0.2, 0) is 6.42 Å². The summed E-state index contributed by atoms with van der Waals surface area (Å²) < 4.78 is 5.54. The van der Waals surface area contributed by atoms with Crippen molar-refractivity contribution in [2.75, 3.05) is 11.9 Å². The lowest BCUT2D eigenvalue weighted by Crippen LogP contribution is -2.34. The Bertz CT molecular complexity index is 982. The highest BCUT2D eigenvalue weighted by atomic mass is 16.5. The van der Waals surface area contributed by atoms with Gasteiger partial charge in [0, 0.05) is 17.8 Å². The third kappa shape index (κ3) is 3.63. The van der Waals surface area contributed by atoms with Crippen LogP contribution in [0.5, 0.6) is 0 Å². The number of nitrogens with zero attached hydrogens (tertiary/aromatic N) is 3. The number of hydrogen-bond acceptors (Lipinski definition) is 4. The van der Waals surface area contributed by atoms with Gasteiger partial charge in [-0.2, -0.15) is 4.98 Å². The molecule has 0 saturated carbocycles. The Hall–Kier alpha value is -3.15. The lowest BCUT2D eigenvalue weighted by molar-refractivity contribution is 0.193. The highest BCUT2D eigenvalue weighted by Crippen LogP contribution is 2.33. The Balaban J connectivity index is 1.53. The SMILES string of the molecule is CCc1ccccc1NC(=O)N1CCC[C@H]1c1nc(-c2cccc(C)c2)no1. The number of benzene rings is 2. The number of anilines is 1. The monoisotopic (exact) mass is 376 g/mol. The first kappa shape index (κ1) is 18.2. The zero-order chi connectivity index (χ0) is 19.5. The molecule has 0 aliphatic carbocycles. The predicted molar refractivity (Wildman–Crippen MR) is 108 cm³/mol. The molecule has 2 heterocycles. The molecule has 2 aromatic carbocycles. The summed E-state index contributed by atoms with van der Waals surface area (Å²) in [6, 6.07) is 15.5. The molecule has 3 aromatic rings. The average Bonchev–Trinajstić information content (AvgIpc) is 3.38. The first-order valence-corrected chi connectivity index (χ1v) is 9.72. The molecule has 1 N–H and O–H groups in total. The molecule has 28 heavy (non-hydrogen) atoms. The summed E-state index contributed by atoms with van der Waals surface area (Å²) in [5.74, 6) is 1.05. The van der Waals surface area contributed by atoms with Crippen LogP contribution in [0.4, 0.5) is 10.5 Å². The Morgan fingerprint density at radius 1 is 1.25 bits per heavy atom. The van der Waals surface area contributed by atoms with Crippen molar-refractivity contribution >= 4 is 11.7 Å². The summed E-state index contributed by atoms with van der Waals surface area (Å²) >= 11 is 0. The van der Waals surface area contributed by atoms with Crippen molar-refractivity contribution in [2.45, 2.75) is 39.2 Å². The number of urea groups is 1. The number of amides is 2. The van der Waals surface area contributed by atoms with Gasteiger partial charge in [-0.25, -0.2) is 4.79 Å². The van der Waals surface area contributed by atoms with E-state index in [1.807, 2.05) is 55.5 Å². The lowest BCUT2D eigenvalue weighted by atomic mass is 10.1.